The van der Waals surface area contributed by atoms with Crippen LogP contribution in [0, 0.1) is 11.6 Å². The van der Waals surface area contributed by atoms with Crippen LogP contribution >= 0.6 is 0 Å². The van der Waals surface area contributed by atoms with Crippen molar-refractivity contribution in [2.75, 3.05) is 0 Å². The molecule has 0 aromatic heterocycles. The third-order valence-electron chi connectivity index (χ3n) is 3.74. The van der Waals surface area contributed by atoms with Crippen LogP contribution in [0.2, 0.25) is 0 Å². The molecule has 3 rings (SSSR count). The molecule has 110 valence electrons. The van der Waals surface area contributed by atoms with E-state index < -0.39 is 11.6 Å². The summed E-state index contributed by atoms with van der Waals surface area (Å²) in [5.41, 5.74) is 1.33. The van der Waals surface area contributed by atoms with Crippen LogP contribution in [-0.2, 0) is 6.42 Å². The van der Waals surface area contributed by atoms with Gasteiger partial charge in [-0.05, 0) is 62.1 Å². The fraction of sp³-hybridized carbons (Fsp3) is 0.294. The highest BCUT2D eigenvalue weighted by Crippen LogP contribution is 2.41. The van der Waals surface area contributed by atoms with Crippen molar-refractivity contribution in [3.8, 4) is 22.6 Å². The highest BCUT2D eigenvalue weighted by Gasteiger charge is 2.28. The molecule has 0 aliphatic carbocycles. The van der Waals surface area contributed by atoms with E-state index in [1.54, 1.807) is 6.07 Å². The smallest absolute Gasteiger partial charge is 0.127 e. The number of ether oxygens (including phenoxy) is 1. The van der Waals surface area contributed by atoms with Crippen LogP contribution in [-0.4, -0.2) is 10.7 Å². The molecule has 1 aliphatic heterocycles. The SMILES string of the molecule is CC1(C)CCc2c(O)cc(-c3cc(F)cc(F)c3)cc2O1. The van der Waals surface area contributed by atoms with E-state index in [0.717, 1.165) is 18.1 Å². The lowest BCUT2D eigenvalue weighted by Crippen LogP contribution is -2.32. The summed E-state index contributed by atoms with van der Waals surface area (Å²) in [5.74, 6) is -0.625. The molecule has 0 saturated heterocycles. The van der Waals surface area contributed by atoms with Crippen LogP contribution in [0.3, 0.4) is 0 Å². The lowest BCUT2D eigenvalue weighted by molar-refractivity contribution is 0.0838. The summed E-state index contributed by atoms with van der Waals surface area (Å²) in [4.78, 5) is 0. The molecule has 4 heteroatoms. The third kappa shape index (κ3) is 2.71. The van der Waals surface area contributed by atoms with Gasteiger partial charge in [0.1, 0.15) is 28.7 Å². The molecule has 0 unspecified atom stereocenters. The lowest BCUT2D eigenvalue weighted by atomic mass is 9.92. The van der Waals surface area contributed by atoms with Crippen LogP contribution < -0.4 is 4.74 Å². The maximum absolute atomic E-state index is 13.3. The average molecular weight is 290 g/mol. The van der Waals surface area contributed by atoms with Crippen LogP contribution in [0.5, 0.6) is 11.5 Å². The number of benzene rings is 2. The number of hydrogen-bond acceptors (Lipinski definition) is 2. The van der Waals surface area contributed by atoms with E-state index in [4.69, 9.17) is 4.74 Å². The lowest BCUT2D eigenvalue weighted by Gasteiger charge is -2.33. The Bertz CT molecular complexity index is 688. The van der Waals surface area contributed by atoms with E-state index in [0.29, 0.717) is 23.3 Å². The number of phenolic OH excluding ortho intramolecular Hbond substituents is 1. The van der Waals surface area contributed by atoms with Crippen molar-refractivity contribution in [1.29, 1.82) is 0 Å². The predicted molar refractivity (Wildman–Crippen MR) is 76.5 cm³/mol. The highest BCUT2D eigenvalue weighted by molar-refractivity contribution is 5.69. The standard InChI is InChI=1S/C17H16F2O2/c1-17(2)4-3-14-15(20)7-11(8-16(14)21-17)10-5-12(18)9-13(19)6-10/h5-9,20H,3-4H2,1-2H3. The number of halogens is 2. The van der Waals surface area contributed by atoms with E-state index in [9.17, 15) is 13.9 Å². The summed E-state index contributed by atoms with van der Waals surface area (Å²) < 4.78 is 32.6. The fourth-order valence-electron chi connectivity index (χ4n) is 2.63. The Hall–Kier alpha value is -2.10. The second-order valence-electron chi connectivity index (χ2n) is 5.99. The first-order chi connectivity index (χ1) is 9.84. The van der Waals surface area contributed by atoms with Crippen molar-refractivity contribution >= 4 is 0 Å². The van der Waals surface area contributed by atoms with Crippen molar-refractivity contribution in [2.24, 2.45) is 0 Å². The minimum absolute atomic E-state index is 0.0997. The minimum atomic E-state index is -0.650. The first kappa shape index (κ1) is 13.9. The second kappa shape index (κ2) is 4.72. The molecule has 0 atom stereocenters. The van der Waals surface area contributed by atoms with Crippen molar-refractivity contribution < 1.29 is 18.6 Å². The molecule has 0 fully saturated rings. The summed E-state index contributed by atoms with van der Waals surface area (Å²) in [6.07, 6.45) is 1.52. The zero-order valence-electron chi connectivity index (χ0n) is 11.9. The molecule has 0 spiro atoms. The largest absolute Gasteiger partial charge is 0.508 e. The fourth-order valence-corrected chi connectivity index (χ4v) is 2.63. The first-order valence-electron chi connectivity index (χ1n) is 6.85. The minimum Gasteiger partial charge on any atom is -0.508 e. The van der Waals surface area contributed by atoms with Gasteiger partial charge in [0, 0.05) is 11.6 Å². The van der Waals surface area contributed by atoms with E-state index in [-0.39, 0.29) is 11.4 Å². The summed E-state index contributed by atoms with van der Waals surface area (Å²) >= 11 is 0. The van der Waals surface area contributed by atoms with E-state index >= 15 is 0 Å². The van der Waals surface area contributed by atoms with Crippen molar-refractivity contribution in [2.45, 2.75) is 32.3 Å². The predicted octanol–water partition coefficient (Wildman–Crippen LogP) is 4.44. The molecule has 1 aliphatic rings. The van der Waals surface area contributed by atoms with Crippen LogP contribution in [0.4, 0.5) is 8.78 Å². The van der Waals surface area contributed by atoms with E-state index in [1.807, 2.05) is 13.8 Å². The molecule has 0 amide bonds. The van der Waals surface area contributed by atoms with Gasteiger partial charge in [0.25, 0.3) is 0 Å². The zero-order valence-corrected chi connectivity index (χ0v) is 11.9. The van der Waals surface area contributed by atoms with Crippen LogP contribution in [0.15, 0.2) is 30.3 Å². The van der Waals surface area contributed by atoms with Gasteiger partial charge in [-0.25, -0.2) is 8.78 Å². The van der Waals surface area contributed by atoms with Crippen molar-refractivity contribution in [3.63, 3.8) is 0 Å². The third-order valence-corrected chi connectivity index (χ3v) is 3.74. The van der Waals surface area contributed by atoms with Gasteiger partial charge in [0.05, 0.1) is 0 Å². The monoisotopic (exact) mass is 290 g/mol. The van der Waals surface area contributed by atoms with Gasteiger partial charge in [-0.1, -0.05) is 0 Å². The molecule has 1 heterocycles. The van der Waals surface area contributed by atoms with Crippen molar-refractivity contribution in [1.82, 2.24) is 0 Å². The molecule has 1 N–H and O–H groups in total. The van der Waals surface area contributed by atoms with Crippen LogP contribution in [0.25, 0.3) is 11.1 Å². The van der Waals surface area contributed by atoms with Gasteiger partial charge >= 0.3 is 0 Å². The quantitative estimate of drug-likeness (QED) is 0.841. The highest BCUT2D eigenvalue weighted by atomic mass is 19.1. The summed E-state index contributed by atoms with van der Waals surface area (Å²) in [5, 5.41) is 10.1. The maximum Gasteiger partial charge on any atom is 0.127 e. The van der Waals surface area contributed by atoms with Gasteiger partial charge in [-0.2, -0.15) is 0 Å². The zero-order chi connectivity index (χ0) is 15.2. The molecule has 2 aromatic rings. The average Bonchev–Trinajstić information content (AvgIpc) is 2.35. The van der Waals surface area contributed by atoms with Crippen molar-refractivity contribution in [3.05, 3.63) is 47.5 Å². The van der Waals surface area contributed by atoms with Gasteiger partial charge in [-0.15, -0.1) is 0 Å². The molecule has 0 radical (unpaired) electrons. The number of fused-ring (bicyclic) bond motifs is 1. The number of rotatable bonds is 1. The molecular formula is C17H16F2O2. The Morgan fingerprint density at radius 3 is 2.29 bits per heavy atom. The summed E-state index contributed by atoms with van der Waals surface area (Å²) in [7, 11) is 0. The Morgan fingerprint density at radius 1 is 1.00 bits per heavy atom. The molecule has 2 nitrogen and oxygen atoms in total. The Morgan fingerprint density at radius 2 is 1.62 bits per heavy atom. The first-order valence-corrected chi connectivity index (χ1v) is 6.85. The second-order valence-corrected chi connectivity index (χ2v) is 5.99. The Balaban J connectivity index is 2.11. The van der Waals surface area contributed by atoms with Gasteiger partial charge in [0.2, 0.25) is 0 Å². The van der Waals surface area contributed by atoms with Gasteiger partial charge in [-0.3, -0.25) is 0 Å². The molecule has 0 saturated carbocycles. The topological polar surface area (TPSA) is 29.5 Å². The number of hydrogen-bond donors (Lipinski definition) is 1. The molecular weight excluding hydrogens is 274 g/mol. The van der Waals surface area contributed by atoms with Gasteiger partial charge in [0.15, 0.2) is 0 Å². The van der Waals surface area contributed by atoms with E-state index in [2.05, 4.69) is 0 Å². The molecule has 2 aromatic carbocycles. The number of aromatic hydroxyl groups is 1. The Labute approximate surface area is 122 Å². The molecule has 21 heavy (non-hydrogen) atoms. The van der Waals surface area contributed by atoms with Crippen LogP contribution in [0.1, 0.15) is 25.8 Å². The summed E-state index contributed by atoms with van der Waals surface area (Å²) in [6.45, 7) is 3.95. The number of phenols is 1. The van der Waals surface area contributed by atoms with E-state index in [1.165, 1.54) is 18.2 Å². The maximum atomic E-state index is 13.3. The normalized spacial score (nSPS) is 16.2. The Kier molecular flexibility index (Phi) is 3.12. The molecule has 0 bridgehead atoms. The van der Waals surface area contributed by atoms with Gasteiger partial charge < -0.3 is 9.84 Å². The summed E-state index contributed by atoms with van der Waals surface area (Å²) in [6, 6.07) is 6.54.